The predicted molar refractivity (Wildman–Crippen MR) is 202 cm³/mol. The first-order valence-corrected chi connectivity index (χ1v) is 16.9. The van der Waals surface area contributed by atoms with Crippen LogP contribution in [-0.2, 0) is 5.41 Å². The Hall–Kier alpha value is -6.38. The second-order valence-corrected chi connectivity index (χ2v) is 13.3. The van der Waals surface area contributed by atoms with Crippen LogP contribution >= 0.6 is 0 Å². The molecule has 0 atom stereocenters. The van der Waals surface area contributed by atoms with Crippen LogP contribution in [0.25, 0.3) is 77.2 Å². The molecule has 226 valence electrons. The molecule has 2 nitrogen and oxygen atoms in total. The number of hydrogen-bond acceptors (Lipinski definition) is 2. The van der Waals surface area contributed by atoms with E-state index < -0.39 is 0 Å². The van der Waals surface area contributed by atoms with Crippen LogP contribution in [0.1, 0.15) is 22.3 Å². The van der Waals surface area contributed by atoms with E-state index in [0.29, 0.717) is 0 Å². The van der Waals surface area contributed by atoms with E-state index >= 15 is 0 Å². The Bertz CT molecular complexity index is 2780. The Balaban J connectivity index is 1.19. The topological polar surface area (TPSA) is 25.8 Å². The summed E-state index contributed by atoms with van der Waals surface area (Å²) in [4.78, 5) is 10.1. The van der Waals surface area contributed by atoms with Crippen molar-refractivity contribution in [3.05, 3.63) is 192 Å². The average Bonchev–Trinajstić information content (AvgIpc) is 3.64. The van der Waals surface area contributed by atoms with Gasteiger partial charge in [0.05, 0.1) is 22.1 Å². The minimum atomic E-state index is -0.383. The van der Waals surface area contributed by atoms with Gasteiger partial charge in [-0.15, -0.1) is 0 Å². The van der Waals surface area contributed by atoms with Gasteiger partial charge in [0.1, 0.15) is 0 Å². The smallest absolute Gasteiger partial charge is 0.0788 e. The fourth-order valence-corrected chi connectivity index (χ4v) is 8.90. The van der Waals surface area contributed by atoms with Crippen molar-refractivity contribution in [2.24, 2.45) is 0 Å². The van der Waals surface area contributed by atoms with Crippen molar-refractivity contribution in [1.82, 2.24) is 9.97 Å². The van der Waals surface area contributed by atoms with Crippen molar-refractivity contribution in [2.75, 3.05) is 0 Å². The number of nitrogens with zero attached hydrogens (tertiary/aromatic N) is 2. The maximum Gasteiger partial charge on any atom is 0.0788 e. The second-order valence-electron chi connectivity index (χ2n) is 13.3. The van der Waals surface area contributed by atoms with E-state index in [2.05, 4.69) is 158 Å². The van der Waals surface area contributed by atoms with Gasteiger partial charge in [-0.1, -0.05) is 140 Å². The van der Waals surface area contributed by atoms with Gasteiger partial charge in [-0.25, -0.2) is 4.98 Å². The molecule has 0 bridgehead atoms. The van der Waals surface area contributed by atoms with E-state index in [1.54, 1.807) is 0 Å². The number of pyridine rings is 2. The molecule has 2 aromatic heterocycles. The number of aromatic nitrogens is 2. The SMILES string of the molecule is c1ccc2c(c1)-c1ccccc1C21c2ccccc2-c2cc3c(-c4ccc(-c5cccc6cccnc56)cc4)nc4ccccc4c3cc21. The van der Waals surface area contributed by atoms with Gasteiger partial charge in [-0.05, 0) is 79.7 Å². The van der Waals surface area contributed by atoms with Gasteiger partial charge >= 0.3 is 0 Å². The molecule has 0 saturated carbocycles. The molecule has 11 rings (SSSR count). The van der Waals surface area contributed by atoms with Gasteiger partial charge in [0.2, 0.25) is 0 Å². The van der Waals surface area contributed by atoms with Crippen molar-refractivity contribution >= 4 is 32.6 Å². The summed E-state index contributed by atoms with van der Waals surface area (Å²) in [5.74, 6) is 0. The van der Waals surface area contributed by atoms with E-state index in [1.807, 2.05) is 12.3 Å². The summed E-state index contributed by atoms with van der Waals surface area (Å²) in [7, 11) is 0. The zero-order valence-corrected chi connectivity index (χ0v) is 26.6. The third kappa shape index (κ3) is 3.50. The molecule has 0 radical (unpaired) electrons. The maximum atomic E-state index is 5.36. The Morgan fingerprint density at radius 2 is 0.980 bits per heavy atom. The minimum Gasteiger partial charge on any atom is -0.256 e. The van der Waals surface area contributed by atoms with E-state index in [1.165, 1.54) is 60.7 Å². The second kappa shape index (κ2) is 9.82. The van der Waals surface area contributed by atoms with Crippen LogP contribution in [0.15, 0.2) is 170 Å². The van der Waals surface area contributed by atoms with E-state index in [-0.39, 0.29) is 5.41 Å². The highest BCUT2D eigenvalue weighted by Gasteiger charge is 2.51. The lowest BCUT2D eigenvalue weighted by Gasteiger charge is -2.30. The number of fused-ring (bicyclic) bond motifs is 14. The fourth-order valence-electron chi connectivity index (χ4n) is 8.90. The highest BCUT2D eigenvalue weighted by molar-refractivity contribution is 6.14. The standard InChI is InChI=1S/C47H28N2/c1-5-18-40-33(13-1)34-14-2-6-19-41(34)47(40)42-20-7-3-15-35(42)38-27-39-37(28-43(38)47)36-16-4-8-21-44(36)49-46(39)31-24-22-29(23-25-31)32-17-9-11-30-12-10-26-48-45(30)32/h1-28H. The molecule has 2 aliphatic carbocycles. The molecule has 2 heteroatoms. The molecule has 1 spiro atoms. The molecular weight excluding hydrogens is 593 g/mol. The summed E-state index contributed by atoms with van der Waals surface area (Å²) in [6.45, 7) is 0. The van der Waals surface area contributed by atoms with Crippen LogP contribution in [0.4, 0.5) is 0 Å². The molecule has 2 aliphatic rings. The summed E-state index contributed by atoms with van der Waals surface area (Å²) in [5, 5.41) is 4.72. The highest BCUT2D eigenvalue weighted by Crippen LogP contribution is 2.63. The molecule has 0 saturated heterocycles. The molecule has 7 aromatic carbocycles. The van der Waals surface area contributed by atoms with Crippen LogP contribution in [0.5, 0.6) is 0 Å². The molecule has 0 unspecified atom stereocenters. The molecule has 0 N–H and O–H groups in total. The van der Waals surface area contributed by atoms with Gasteiger partial charge < -0.3 is 0 Å². The molecule has 0 aliphatic heterocycles. The molecule has 0 amide bonds. The van der Waals surface area contributed by atoms with Crippen LogP contribution in [-0.4, -0.2) is 9.97 Å². The van der Waals surface area contributed by atoms with Crippen molar-refractivity contribution < 1.29 is 0 Å². The summed E-state index contributed by atoms with van der Waals surface area (Å²) >= 11 is 0. The first-order valence-electron chi connectivity index (χ1n) is 16.9. The minimum absolute atomic E-state index is 0.383. The van der Waals surface area contributed by atoms with E-state index in [0.717, 1.165) is 38.8 Å². The van der Waals surface area contributed by atoms with Crippen molar-refractivity contribution in [3.8, 4) is 44.6 Å². The van der Waals surface area contributed by atoms with Gasteiger partial charge in [-0.3, -0.25) is 4.98 Å². The van der Waals surface area contributed by atoms with E-state index in [9.17, 15) is 0 Å². The lowest BCUT2D eigenvalue weighted by molar-refractivity contribution is 0.795. The normalized spacial score (nSPS) is 13.5. The molecular formula is C47H28N2. The Morgan fingerprint density at radius 3 is 1.71 bits per heavy atom. The monoisotopic (exact) mass is 620 g/mol. The summed E-state index contributed by atoms with van der Waals surface area (Å²) in [5.41, 5.74) is 16.7. The fraction of sp³-hybridized carbons (Fsp3) is 0.0213. The van der Waals surface area contributed by atoms with Crippen LogP contribution in [0.2, 0.25) is 0 Å². The number of rotatable bonds is 2. The quantitative estimate of drug-likeness (QED) is 0.180. The highest BCUT2D eigenvalue weighted by atomic mass is 14.7. The lowest BCUT2D eigenvalue weighted by Crippen LogP contribution is -2.25. The van der Waals surface area contributed by atoms with Crippen molar-refractivity contribution in [1.29, 1.82) is 0 Å². The number of para-hydroxylation sites is 2. The zero-order valence-electron chi connectivity index (χ0n) is 26.6. The third-order valence-electron chi connectivity index (χ3n) is 10.9. The third-order valence-corrected chi connectivity index (χ3v) is 10.9. The summed E-state index contributed by atoms with van der Waals surface area (Å²) in [6.07, 6.45) is 1.87. The molecule has 2 heterocycles. The largest absolute Gasteiger partial charge is 0.256 e. The predicted octanol–water partition coefficient (Wildman–Crippen LogP) is 11.6. The van der Waals surface area contributed by atoms with Crippen LogP contribution < -0.4 is 0 Å². The molecule has 0 fully saturated rings. The molecule has 9 aromatic rings. The van der Waals surface area contributed by atoms with Gasteiger partial charge in [0, 0.05) is 33.5 Å². The first-order chi connectivity index (χ1) is 24.3. The average molecular weight is 621 g/mol. The maximum absolute atomic E-state index is 5.36. The first kappa shape index (κ1) is 26.7. The van der Waals surface area contributed by atoms with Gasteiger partial charge in [-0.2, -0.15) is 0 Å². The van der Waals surface area contributed by atoms with Crippen molar-refractivity contribution in [2.45, 2.75) is 5.41 Å². The Morgan fingerprint density at radius 1 is 0.388 bits per heavy atom. The summed E-state index contributed by atoms with van der Waals surface area (Å²) < 4.78 is 0. The lowest BCUT2D eigenvalue weighted by atomic mass is 9.70. The molecule has 49 heavy (non-hydrogen) atoms. The van der Waals surface area contributed by atoms with Gasteiger partial charge in [0.25, 0.3) is 0 Å². The zero-order chi connectivity index (χ0) is 32.1. The number of hydrogen-bond donors (Lipinski definition) is 0. The van der Waals surface area contributed by atoms with Crippen LogP contribution in [0, 0.1) is 0 Å². The summed E-state index contributed by atoms with van der Waals surface area (Å²) in [6, 6.07) is 59.9. The van der Waals surface area contributed by atoms with Crippen LogP contribution in [0.3, 0.4) is 0 Å². The number of benzene rings is 7. The Labute approximate surface area is 284 Å². The van der Waals surface area contributed by atoms with E-state index in [4.69, 9.17) is 9.97 Å². The van der Waals surface area contributed by atoms with Crippen molar-refractivity contribution in [3.63, 3.8) is 0 Å². The van der Waals surface area contributed by atoms with Gasteiger partial charge in [0.15, 0.2) is 0 Å². The Kier molecular flexibility index (Phi) is 5.34.